The molecule has 0 saturated carbocycles. The van der Waals surface area contributed by atoms with Crippen molar-refractivity contribution in [3.8, 4) is 45.9 Å². The summed E-state index contributed by atoms with van der Waals surface area (Å²) in [6, 6.07) is 46.0. The molecule has 22 nitrogen and oxygen atoms in total. The van der Waals surface area contributed by atoms with Crippen molar-refractivity contribution >= 4 is 104 Å². The number of carboxylic acids is 1. The second-order valence-electron chi connectivity index (χ2n) is 17.6. The van der Waals surface area contributed by atoms with Crippen molar-refractivity contribution in [2.24, 2.45) is 14.1 Å². The van der Waals surface area contributed by atoms with Crippen molar-refractivity contribution in [2.75, 3.05) is 35.5 Å². The standard InChI is InChI=1S/C29H24N4O5.C22H18ClN3O3.C8H9NO2.C3H7F.C2Cl2O2.2CH4.Li.2H2O/c1-19(21-8-4-3-5-9-21)38-29(37)32-27-24(18-30-33(27)2)22-15-12-20(13-16-22)14-17-26(34)31-25-11-7-6-10-23(25)28(35)36;1-15(17-6-4-3-5-7-17)29-22(28)25-21-19(14-24-26(21)2)18-11-8-16(9-12-18)10-13-20(23)27;1-11-8(10)6-4-2-3-5-7(6)9;1-2-3-4;3-1(5)2(4)6;;;;;/h3-13,15-16,18-19H,1-2H3,(H,31,34)(H,32,37)(H,35,36);3-9,11-12,14-15H,1-2H3,(H,25,28);2-5H,9H2,1H3;2-3H2,1H3;;2*1H4;;2*1H2/q;;;;;;;+1;;/p-1/t19-;15-;;;;;;;;/m11......../s1/i;;;2D2;;;;;;. The number of aryl methyl sites for hydroxylation is 2. The molecular formula is C66H69Cl3FLiN8O14. The molecule has 27 heteroatoms. The molecule has 0 spiro atoms. The number of nitrogens with one attached hydrogen (secondary N) is 3. The molecule has 6 aromatic carbocycles. The van der Waals surface area contributed by atoms with Gasteiger partial charge in [0.05, 0.1) is 43.0 Å². The average molecular weight is 1330 g/mol. The van der Waals surface area contributed by atoms with Gasteiger partial charge >= 0.3 is 59.4 Å². The number of carboxylic acid groups (broad SMARTS) is 1. The normalized spacial score (nSPS) is 10.3. The van der Waals surface area contributed by atoms with Gasteiger partial charge in [-0.1, -0.05) is 143 Å². The minimum atomic E-state index is -1.62. The molecule has 0 radical (unpaired) electrons. The van der Waals surface area contributed by atoms with E-state index in [1.165, 1.54) is 30.8 Å². The summed E-state index contributed by atoms with van der Waals surface area (Å²) in [6.07, 6.45) is -0.349. The smallest absolute Gasteiger partial charge is 0.870 e. The number of hydrogen-bond acceptors (Lipinski definition) is 15. The molecule has 3 amide bonds. The third-order valence-corrected chi connectivity index (χ3v) is 12.0. The number of nitrogen functional groups attached to an aromatic ring is 1. The van der Waals surface area contributed by atoms with Crippen LogP contribution in [0.2, 0.25) is 0 Å². The summed E-state index contributed by atoms with van der Waals surface area (Å²) < 4.78 is 42.7. The van der Waals surface area contributed by atoms with Gasteiger partial charge in [0.1, 0.15) is 23.8 Å². The number of carbonyl (C=O) groups is 8. The van der Waals surface area contributed by atoms with Crippen LogP contribution in [0.5, 0.6) is 0 Å². The predicted molar refractivity (Wildman–Crippen MR) is 353 cm³/mol. The molecule has 8 rings (SSSR count). The maximum atomic E-state index is 12.6. The van der Waals surface area contributed by atoms with E-state index in [2.05, 4.69) is 77.8 Å². The third-order valence-electron chi connectivity index (χ3n) is 11.5. The SMILES string of the molecule is C.C.COC(=O)c1ccccc1N.C[C@@H](OC(=O)Nc1c(-c2ccc(C#CC(=O)Cl)cc2)cnn1C)c1ccccc1.C[C@@H](OC(=O)Nc1c(-c2ccc(C#CC(=O)Nc3ccccc3C(=O)O)cc2)cnn1C)c1ccccc1.O.O=C(Cl)C(=O)Cl.[2H]C([2H])(C)CF.[Li+].[OH-]. The summed E-state index contributed by atoms with van der Waals surface area (Å²) >= 11 is 14.2. The Bertz CT molecular complexity index is 3920. The van der Waals surface area contributed by atoms with E-state index in [9.17, 15) is 47.9 Å². The van der Waals surface area contributed by atoms with Gasteiger partial charge in [0, 0.05) is 50.7 Å². The number of halogens is 4. The van der Waals surface area contributed by atoms with E-state index in [0.717, 1.165) is 27.8 Å². The summed E-state index contributed by atoms with van der Waals surface area (Å²) in [5.74, 6) is 8.96. The number of para-hydroxylation sites is 2. The minimum Gasteiger partial charge on any atom is -0.870 e. The van der Waals surface area contributed by atoms with E-state index < -0.39 is 71.0 Å². The zero-order valence-electron chi connectivity index (χ0n) is 51.8. The van der Waals surface area contributed by atoms with Crippen LogP contribution in [0.15, 0.2) is 170 Å². The van der Waals surface area contributed by atoms with Gasteiger partial charge in [-0.3, -0.25) is 43.6 Å². The molecule has 8 aromatic rings. The molecule has 0 saturated heterocycles. The zero-order valence-corrected chi connectivity index (χ0v) is 52.1. The van der Waals surface area contributed by atoms with Crippen LogP contribution in [0.1, 0.15) is 99.9 Å². The first kappa shape index (κ1) is 80.9. The Morgan fingerprint density at radius 1 is 0.624 bits per heavy atom. The van der Waals surface area contributed by atoms with Crippen LogP contribution in [0.25, 0.3) is 22.3 Å². The first-order chi connectivity index (χ1) is 42.7. The molecule has 0 bridgehead atoms. The van der Waals surface area contributed by atoms with Gasteiger partial charge in [0.15, 0.2) is 0 Å². The number of hydrogen-bond donors (Lipinski definition) is 5. The predicted octanol–water partition coefficient (Wildman–Crippen LogP) is 9.81. The zero-order chi connectivity index (χ0) is 66.5. The van der Waals surface area contributed by atoms with Crippen LogP contribution >= 0.6 is 34.8 Å². The number of amides is 3. The summed E-state index contributed by atoms with van der Waals surface area (Å²) in [6.45, 7) is 3.91. The molecule has 2 heterocycles. The van der Waals surface area contributed by atoms with Crippen molar-refractivity contribution < 1.29 is 94.6 Å². The summed E-state index contributed by atoms with van der Waals surface area (Å²) in [4.78, 5) is 89.0. The minimum absolute atomic E-state index is 0. The largest absolute Gasteiger partial charge is 1.00 e. The number of carbonyl (C=O) groups excluding carboxylic acids is 7. The summed E-state index contributed by atoms with van der Waals surface area (Å²) in [5, 5.41) is 22.7. The number of benzene rings is 6. The second kappa shape index (κ2) is 44.4. The first-order valence-electron chi connectivity index (χ1n) is 26.8. The van der Waals surface area contributed by atoms with Crippen molar-refractivity contribution in [3.05, 3.63) is 203 Å². The first-order valence-corrected chi connectivity index (χ1v) is 26.9. The number of nitrogens with two attached hydrogens (primary N) is 1. The number of rotatable bonds is 13. The van der Waals surface area contributed by atoms with Crippen LogP contribution in [0.4, 0.5) is 37.0 Å². The number of anilines is 4. The number of esters is 1. The molecule has 0 unspecified atom stereocenters. The van der Waals surface area contributed by atoms with Gasteiger partial charge in [0.25, 0.3) is 5.24 Å². The Labute approximate surface area is 567 Å². The Morgan fingerprint density at radius 2 is 1.00 bits per heavy atom. The monoisotopic (exact) mass is 1330 g/mol. The van der Waals surface area contributed by atoms with Crippen molar-refractivity contribution in [2.45, 2.75) is 54.2 Å². The van der Waals surface area contributed by atoms with Crippen LogP contribution < -0.4 is 40.5 Å². The Morgan fingerprint density at radius 3 is 1.37 bits per heavy atom. The maximum absolute atomic E-state index is 12.6. The van der Waals surface area contributed by atoms with E-state index in [1.807, 2.05) is 79.7 Å². The fourth-order valence-corrected chi connectivity index (χ4v) is 7.24. The Kier molecular flexibility index (Phi) is 38.7. The van der Waals surface area contributed by atoms with Gasteiger partial charge in [-0.05, 0) is 132 Å². The van der Waals surface area contributed by atoms with Crippen LogP contribution in [0.3, 0.4) is 0 Å². The van der Waals surface area contributed by atoms with Gasteiger partial charge in [-0.25, -0.2) is 19.2 Å². The van der Waals surface area contributed by atoms with E-state index >= 15 is 0 Å². The fraction of sp³-hybridized carbons (Fsp3) is 0.182. The molecular weight excluding hydrogens is 1260 g/mol. The Balaban J connectivity index is 0. The van der Waals surface area contributed by atoms with Crippen LogP contribution in [0, 0.1) is 23.7 Å². The van der Waals surface area contributed by atoms with E-state index in [-0.39, 0.29) is 55.9 Å². The maximum Gasteiger partial charge on any atom is 1.00 e. The van der Waals surface area contributed by atoms with Crippen molar-refractivity contribution in [1.29, 1.82) is 0 Å². The molecule has 93 heavy (non-hydrogen) atoms. The van der Waals surface area contributed by atoms with Crippen LogP contribution in [-0.4, -0.2) is 95.2 Å². The summed E-state index contributed by atoms with van der Waals surface area (Å²) in [5.41, 5.74) is 12.5. The molecule has 0 aliphatic rings. The van der Waals surface area contributed by atoms with Gasteiger partial charge in [0.2, 0.25) is 0 Å². The molecule has 0 fully saturated rings. The quantitative estimate of drug-likeness (QED) is 0.0136. The fourth-order valence-electron chi connectivity index (χ4n) is 7.19. The third kappa shape index (κ3) is 28.8. The molecule has 9 N–H and O–H groups in total. The van der Waals surface area contributed by atoms with Crippen LogP contribution in [-0.2, 0) is 47.5 Å². The van der Waals surface area contributed by atoms with Crippen molar-refractivity contribution in [1.82, 2.24) is 19.6 Å². The molecule has 486 valence electrons. The molecule has 0 aliphatic heterocycles. The average Bonchev–Trinajstić information content (AvgIpc) is 1.71. The Hall–Kier alpha value is -10.1. The second-order valence-corrected chi connectivity index (χ2v) is 18.6. The van der Waals surface area contributed by atoms with Gasteiger partial charge in [-0.15, -0.1) is 0 Å². The number of nitrogens with zero attached hydrogens (tertiary/aromatic N) is 4. The van der Waals surface area contributed by atoms with Gasteiger partial charge < -0.3 is 41.3 Å². The topological polar surface area (TPSA) is 344 Å². The number of ether oxygens (including phenoxy) is 3. The van der Waals surface area contributed by atoms with E-state index in [4.69, 9.17) is 29.5 Å². The van der Waals surface area contributed by atoms with E-state index in [1.54, 1.807) is 111 Å². The number of aromatic carboxylic acids is 1. The summed E-state index contributed by atoms with van der Waals surface area (Å²) in [7, 11) is 4.77. The number of aromatic nitrogens is 4. The van der Waals surface area contributed by atoms with Gasteiger partial charge in [-0.2, -0.15) is 10.2 Å². The molecule has 2 atom stereocenters. The molecule has 0 aliphatic carbocycles. The van der Waals surface area contributed by atoms with Crippen molar-refractivity contribution in [3.63, 3.8) is 0 Å². The van der Waals surface area contributed by atoms with E-state index in [0.29, 0.717) is 39.6 Å². The number of methoxy groups -OCH3 is 1. The number of alkyl halides is 1. The molecule has 2 aromatic heterocycles.